The van der Waals surface area contributed by atoms with E-state index in [2.05, 4.69) is 19.2 Å². The summed E-state index contributed by atoms with van der Waals surface area (Å²) < 4.78 is 2.01. The van der Waals surface area contributed by atoms with E-state index in [1.807, 2.05) is 27.8 Å². The minimum atomic E-state index is 0.171. The number of nitrogens with zero attached hydrogens (tertiary/aromatic N) is 2. The fourth-order valence-corrected chi connectivity index (χ4v) is 2.22. The van der Waals surface area contributed by atoms with Crippen LogP contribution in [0, 0.1) is 0 Å². The third-order valence-corrected chi connectivity index (χ3v) is 3.32. The van der Waals surface area contributed by atoms with Gasteiger partial charge in [-0.15, -0.1) is 0 Å². The van der Waals surface area contributed by atoms with Gasteiger partial charge >= 0.3 is 0 Å². The van der Waals surface area contributed by atoms with Gasteiger partial charge in [-0.2, -0.15) is 0 Å². The SMILES string of the molecule is CCCN(C(=O)c1cccn1CC)C1CNC1. The molecule has 1 saturated heterocycles. The molecule has 94 valence electrons. The summed E-state index contributed by atoms with van der Waals surface area (Å²) in [6, 6.07) is 4.24. The van der Waals surface area contributed by atoms with Crippen LogP contribution in [0.3, 0.4) is 0 Å². The van der Waals surface area contributed by atoms with Crippen LogP contribution in [-0.4, -0.2) is 41.1 Å². The third-order valence-electron chi connectivity index (χ3n) is 3.32. The van der Waals surface area contributed by atoms with Crippen molar-refractivity contribution in [3.8, 4) is 0 Å². The van der Waals surface area contributed by atoms with Gasteiger partial charge in [0.25, 0.3) is 5.91 Å². The van der Waals surface area contributed by atoms with Crippen LogP contribution < -0.4 is 5.32 Å². The molecule has 0 aliphatic carbocycles. The van der Waals surface area contributed by atoms with Crippen LogP contribution in [-0.2, 0) is 6.54 Å². The van der Waals surface area contributed by atoms with Gasteiger partial charge in [-0.3, -0.25) is 4.79 Å². The molecule has 0 bridgehead atoms. The summed E-state index contributed by atoms with van der Waals surface area (Å²) in [5.41, 5.74) is 0.813. The largest absolute Gasteiger partial charge is 0.344 e. The Balaban J connectivity index is 2.15. The van der Waals surface area contributed by atoms with Gasteiger partial charge in [0.15, 0.2) is 0 Å². The number of aromatic nitrogens is 1. The molecule has 2 heterocycles. The summed E-state index contributed by atoms with van der Waals surface area (Å²) in [6.45, 7) is 7.73. The van der Waals surface area contributed by atoms with Crippen molar-refractivity contribution in [2.75, 3.05) is 19.6 Å². The Bertz CT molecular complexity index is 382. The normalized spacial score (nSPS) is 15.6. The van der Waals surface area contributed by atoms with Crippen molar-refractivity contribution in [3.05, 3.63) is 24.0 Å². The van der Waals surface area contributed by atoms with Crippen molar-refractivity contribution in [2.45, 2.75) is 32.9 Å². The van der Waals surface area contributed by atoms with E-state index in [1.54, 1.807) is 0 Å². The van der Waals surface area contributed by atoms with E-state index in [9.17, 15) is 4.79 Å². The number of nitrogens with one attached hydrogen (secondary N) is 1. The highest BCUT2D eigenvalue weighted by Crippen LogP contribution is 2.13. The van der Waals surface area contributed by atoms with Crippen LogP contribution in [0.15, 0.2) is 18.3 Å². The smallest absolute Gasteiger partial charge is 0.270 e. The van der Waals surface area contributed by atoms with Crippen LogP contribution in [0.1, 0.15) is 30.8 Å². The second kappa shape index (κ2) is 5.36. The first-order chi connectivity index (χ1) is 8.27. The number of rotatable bonds is 5. The Kier molecular flexibility index (Phi) is 3.84. The van der Waals surface area contributed by atoms with E-state index >= 15 is 0 Å². The van der Waals surface area contributed by atoms with Crippen molar-refractivity contribution < 1.29 is 4.79 Å². The average Bonchev–Trinajstić information content (AvgIpc) is 2.73. The summed E-state index contributed by atoms with van der Waals surface area (Å²) >= 11 is 0. The molecule has 0 spiro atoms. The molecule has 17 heavy (non-hydrogen) atoms. The first-order valence-electron chi connectivity index (χ1n) is 6.44. The Morgan fingerprint density at radius 3 is 2.82 bits per heavy atom. The highest BCUT2D eigenvalue weighted by molar-refractivity contribution is 5.93. The van der Waals surface area contributed by atoms with E-state index in [1.165, 1.54) is 0 Å². The van der Waals surface area contributed by atoms with Crippen LogP contribution in [0.2, 0.25) is 0 Å². The molecule has 1 aliphatic heterocycles. The minimum absolute atomic E-state index is 0.171. The van der Waals surface area contributed by atoms with Gasteiger partial charge in [0.05, 0.1) is 6.04 Å². The van der Waals surface area contributed by atoms with Gasteiger partial charge in [-0.05, 0) is 25.5 Å². The molecule has 2 rings (SSSR count). The molecule has 1 amide bonds. The summed E-state index contributed by atoms with van der Waals surface area (Å²) in [6.07, 6.45) is 2.98. The zero-order valence-corrected chi connectivity index (χ0v) is 10.6. The molecule has 1 aromatic heterocycles. The van der Waals surface area contributed by atoms with Crippen molar-refractivity contribution in [1.82, 2.24) is 14.8 Å². The number of carbonyl (C=O) groups is 1. The number of carbonyl (C=O) groups excluding carboxylic acids is 1. The quantitative estimate of drug-likeness (QED) is 0.836. The Morgan fingerprint density at radius 2 is 2.29 bits per heavy atom. The molecule has 0 radical (unpaired) electrons. The molecule has 0 atom stereocenters. The number of hydrogen-bond acceptors (Lipinski definition) is 2. The average molecular weight is 235 g/mol. The molecule has 1 aromatic rings. The van der Waals surface area contributed by atoms with Crippen LogP contribution in [0.4, 0.5) is 0 Å². The highest BCUT2D eigenvalue weighted by Gasteiger charge is 2.29. The fourth-order valence-electron chi connectivity index (χ4n) is 2.22. The highest BCUT2D eigenvalue weighted by atomic mass is 16.2. The van der Waals surface area contributed by atoms with E-state index in [4.69, 9.17) is 0 Å². The second-order valence-electron chi connectivity index (χ2n) is 4.49. The molecule has 1 N–H and O–H groups in total. The summed E-state index contributed by atoms with van der Waals surface area (Å²) in [7, 11) is 0. The van der Waals surface area contributed by atoms with E-state index in [0.29, 0.717) is 6.04 Å². The van der Waals surface area contributed by atoms with Gasteiger partial charge in [-0.25, -0.2) is 0 Å². The Labute approximate surface area is 103 Å². The second-order valence-corrected chi connectivity index (χ2v) is 4.49. The fraction of sp³-hybridized carbons (Fsp3) is 0.615. The minimum Gasteiger partial charge on any atom is -0.344 e. The molecule has 0 aromatic carbocycles. The first-order valence-corrected chi connectivity index (χ1v) is 6.44. The van der Waals surface area contributed by atoms with Gasteiger partial charge in [0.1, 0.15) is 5.69 Å². The molecule has 4 heteroatoms. The Hall–Kier alpha value is -1.29. The maximum atomic E-state index is 12.5. The molecule has 4 nitrogen and oxygen atoms in total. The summed E-state index contributed by atoms with van der Waals surface area (Å²) in [5, 5.41) is 3.23. The maximum absolute atomic E-state index is 12.5. The number of hydrogen-bond donors (Lipinski definition) is 1. The predicted octanol–water partition coefficient (Wildman–Crippen LogP) is 1.33. The zero-order valence-electron chi connectivity index (χ0n) is 10.6. The maximum Gasteiger partial charge on any atom is 0.270 e. The lowest BCUT2D eigenvalue weighted by atomic mass is 10.1. The summed E-state index contributed by atoms with van der Waals surface area (Å²) in [4.78, 5) is 14.5. The van der Waals surface area contributed by atoms with Crippen LogP contribution >= 0.6 is 0 Å². The van der Waals surface area contributed by atoms with E-state index in [-0.39, 0.29) is 5.91 Å². The van der Waals surface area contributed by atoms with Crippen molar-refractivity contribution in [1.29, 1.82) is 0 Å². The van der Waals surface area contributed by atoms with E-state index in [0.717, 1.165) is 38.3 Å². The Morgan fingerprint density at radius 1 is 1.53 bits per heavy atom. The number of aryl methyl sites for hydroxylation is 1. The van der Waals surface area contributed by atoms with Gasteiger partial charge in [0, 0.05) is 32.4 Å². The molecular weight excluding hydrogens is 214 g/mol. The van der Waals surface area contributed by atoms with Crippen molar-refractivity contribution in [2.24, 2.45) is 0 Å². The lowest BCUT2D eigenvalue weighted by Crippen LogP contribution is -2.59. The molecule has 1 fully saturated rings. The van der Waals surface area contributed by atoms with Crippen LogP contribution in [0.25, 0.3) is 0 Å². The summed E-state index contributed by atoms with van der Waals surface area (Å²) in [5.74, 6) is 0.171. The monoisotopic (exact) mass is 235 g/mol. The van der Waals surface area contributed by atoms with Gasteiger partial charge in [0.2, 0.25) is 0 Å². The topological polar surface area (TPSA) is 37.3 Å². The van der Waals surface area contributed by atoms with Gasteiger partial charge < -0.3 is 14.8 Å². The molecular formula is C13H21N3O. The first kappa shape index (κ1) is 12.2. The lowest BCUT2D eigenvalue weighted by Gasteiger charge is -2.38. The van der Waals surface area contributed by atoms with E-state index < -0.39 is 0 Å². The molecule has 0 unspecified atom stereocenters. The standard InChI is InChI=1S/C13H21N3O/c1-3-7-16(11-9-14-10-11)13(17)12-6-5-8-15(12)4-2/h5-6,8,11,14H,3-4,7,9-10H2,1-2H3. The lowest BCUT2D eigenvalue weighted by molar-refractivity contribution is 0.0605. The molecule has 0 saturated carbocycles. The number of amides is 1. The zero-order chi connectivity index (χ0) is 12.3. The molecule has 1 aliphatic rings. The third kappa shape index (κ3) is 2.36. The predicted molar refractivity (Wildman–Crippen MR) is 68.1 cm³/mol. The van der Waals surface area contributed by atoms with Crippen molar-refractivity contribution >= 4 is 5.91 Å². The van der Waals surface area contributed by atoms with Crippen molar-refractivity contribution in [3.63, 3.8) is 0 Å². The van der Waals surface area contributed by atoms with Crippen LogP contribution in [0.5, 0.6) is 0 Å². The van der Waals surface area contributed by atoms with Gasteiger partial charge in [-0.1, -0.05) is 6.92 Å².